The average Bonchev–Trinajstić information content (AvgIpc) is 2.62. The van der Waals surface area contributed by atoms with Crippen molar-refractivity contribution in [2.24, 2.45) is 4.99 Å². The van der Waals surface area contributed by atoms with Gasteiger partial charge in [0.1, 0.15) is 5.82 Å². The Morgan fingerprint density at radius 1 is 1.47 bits per heavy atom. The fourth-order valence-electron chi connectivity index (χ4n) is 2.46. The van der Waals surface area contributed by atoms with Gasteiger partial charge in [0, 0.05) is 30.1 Å². The standard InChI is InChI=1S/C13H22N4/c1-8-6-16-13(14)12(8)10(3)17-11-5-4-9(2)15-7-11/h6,9,11,15-16H,4-5,7,14H2,1-3H3/t9-,11+/m0/s1. The molecule has 1 aromatic heterocycles. The number of hydrogen-bond donors (Lipinski definition) is 3. The summed E-state index contributed by atoms with van der Waals surface area (Å²) in [5, 5.41) is 3.47. The van der Waals surface area contributed by atoms with Gasteiger partial charge in [0.15, 0.2) is 0 Å². The van der Waals surface area contributed by atoms with Gasteiger partial charge in [-0.05, 0) is 39.2 Å². The predicted molar refractivity (Wildman–Crippen MR) is 72.6 cm³/mol. The fraction of sp³-hybridized carbons (Fsp3) is 0.615. The third-order valence-corrected chi connectivity index (χ3v) is 3.48. The summed E-state index contributed by atoms with van der Waals surface area (Å²) >= 11 is 0. The zero-order valence-electron chi connectivity index (χ0n) is 10.9. The Labute approximate surface area is 103 Å². The molecule has 0 spiro atoms. The lowest BCUT2D eigenvalue weighted by Gasteiger charge is -2.25. The van der Waals surface area contributed by atoms with Gasteiger partial charge in [-0.1, -0.05) is 0 Å². The van der Waals surface area contributed by atoms with Crippen molar-refractivity contribution < 1.29 is 0 Å². The number of rotatable bonds is 2. The van der Waals surface area contributed by atoms with E-state index in [4.69, 9.17) is 10.7 Å². The van der Waals surface area contributed by atoms with Crippen molar-refractivity contribution in [3.05, 3.63) is 17.3 Å². The number of nitrogens with zero attached hydrogens (tertiary/aromatic N) is 1. The van der Waals surface area contributed by atoms with Crippen LogP contribution >= 0.6 is 0 Å². The van der Waals surface area contributed by atoms with E-state index in [-0.39, 0.29) is 0 Å². The van der Waals surface area contributed by atoms with Crippen LogP contribution in [-0.4, -0.2) is 29.3 Å². The van der Waals surface area contributed by atoms with Crippen LogP contribution in [0.25, 0.3) is 0 Å². The van der Waals surface area contributed by atoms with Crippen molar-refractivity contribution in [2.75, 3.05) is 12.3 Å². The molecular weight excluding hydrogens is 212 g/mol. The van der Waals surface area contributed by atoms with E-state index >= 15 is 0 Å². The average molecular weight is 234 g/mol. The molecule has 94 valence electrons. The second-order valence-electron chi connectivity index (χ2n) is 5.02. The maximum absolute atomic E-state index is 5.92. The molecular formula is C13H22N4. The van der Waals surface area contributed by atoms with Gasteiger partial charge in [0.25, 0.3) is 0 Å². The summed E-state index contributed by atoms with van der Waals surface area (Å²) in [5.41, 5.74) is 9.20. The van der Waals surface area contributed by atoms with Gasteiger partial charge in [-0.3, -0.25) is 4.99 Å². The van der Waals surface area contributed by atoms with Crippen molar-refractivity contribution in [1.29, 1.82) is 0 Å². The van der Waals surface area contributed by atoms with Gasteiger partial charge in [-0.25, -0.2) is 0 Å². The number of aliphatic imine (C=N–C) groups is 1. The molecule has 2 heterocycles. The second-order valence-corrected chi connectivity index (χ2v) is 5.02. The number of hydrogen-bond acceptors (Lipinski definition) is 3. The summed E-state index contributed by atoms with van der Waals surface area (Å²) < 4.78 is 0. The second kappa shape index (κ2) is 4.92. The number of nitrogens with one attached hydrogen (secondary N) is 2. The highest BCUT2D eigenvalue weighted by molar-refractivity contribution is 6.04. The Balaban J connectivity index is 2.12. The number of aromatic nitrogens is 1. The molecule has 0 aliphatic carbocycles. The van der Waals surface area contributed by atoms with Crippen LogP contribution in [0.1, 0.15) is 37.8 Å². The SMILES string of the molecule is CC(=N[C@@H]1CC[C@H](C)NC1)c1c(C)c[nH]c1N. The number of aryl methyl sites for hydroxylation is 1. The Kier molecular flexibility index (Phi) is 3.52. The van der Waals surface area contributed by atoms with Gasteiger partial charge in [-0.15, -0.1) is 0 Å². The highest BCUT2D eigenvalue weighted by Crippen LogP contribution is 2.18. The van der Waals surface area contributed by atoms with Crippen LogP contribution in [0, 0.1) is 6.92 Å². The third kappa shape index (κ3) is 2.69. The topological polar surface area (TPSA) is 66.2 Å². The fourth-order valence-corrected chi connectivity index (χ4v) is 2.46. The molecule has 4 N–H and O–H groups in total. The monoisotopic (exact) mass is 234 g/mol. The van der Waals surface area contributed by atoms with Crippen LogP contribution in [0.5, 0.6) is 0 Å². The number of piperidine rings is 1. The van der Waals surface area contributed by atoms with Crippen LogP contribution < -0.4 is 11.1 Å². The lowest BCUT2D eigenvalue weighted by Crippen LogP contribution is -2.39. The van der Waals surface area contributed by atoms with Gasteiger partial charge in [-0.2, -0.15) is 0 Å². The first-order valence-corrected chi connectivity index (χ1v) is 6.29. The van der Waals surface area contributed by atoms with Crippen molar-refractivity contribution in [3.8, 4) is 0 Å². The Morgan fingerprint density at radius 3 is 2.76 bits per heavy atom. The molecule has 4 nitrogen and oxygen atoms in total. The zero-order chi connectivity index (χ0) is 12.4. The van der Waals surface area contributed by atoms with E-state index in [0.29, 0.717) is 12.1 Å². The number of aromatic amines is 1. The maximum atomic E-state index is 5.92. The normalized spacial score (nSPS) is 26.2. The molecule has 1 aromatic rings. The lowest BCUT2D eigenvalue weighted by molar-refractivity contribution is 0.386. The summed E-state index contributed by atoms with van der Waals surface area (Å²) in [6.45, 7) is 7.30. The van der Waals surface area contributed by atoms with Crippen LogP contribution in [-0.2, 0) is 0 Å². The molecule has 4 heteroatoms. The molecule has 2 atom stereocenters. The third-order valence-electron chi connectivity index (χ3n) is 3.48. The molecule has 0 bridgehead atoms. The molecule has 17 heavy (non-hydrogen) atoms. The van der Waals surface area contributed by atoms with E-state index in [0.717, 1.165) is 30.1 Å². The van der Waals surface area contributed by atoms with E-state index < -0.39 is 0 Å². The summed E-state index contributed by atoms with van der Waals surface area (Å²) in [6.07, 6.45) is 4.29. The predicted octanol–water partition coefficient (Wildman–Crippen LogP) is 1.85. The minimum absolute atomic E-state index is 0.389. The molecule has 0 aromatic carbocycles. The molecule has 0 unspecified atom stereocenters. The number of anilines is 1. The minimum atomic E-state index is 0.389. The highest BCUT2D eigenvalue weighted by atomic mass is 15.0. The van der Waals surface area contributed by atoms with E-state index in [1.165, 1.54) is 12.0 Å². The van der Waals surface area contributed by atoms with Crippen molar-refractivity contribution in [3.63, 3.8) is 0 Å². The molecule has 1 fully saturated rings. The highest BCUT2D eigenvalue weighted by Gasteiger charge is 2.17. The summed E-state index contributed by atoms with van der Waals surface area (Å²) in [7, 11) is 0. The van der Waals surface area contributed by atoms with Gasteiger partial charge in [0.2, 0.25) is 0 Å². The molecule has 2 rings (SSSR count). The summed E-state index contributed by atoms with van der Waals surface area (Å²) in [5.74, 6) is 0.723. The molecule has 0 saturated carbocycles. The first kappa shape index (κ1) is 12.2. The Hall–Kier alpha value is -1.29. The summed E-state index contributed by atoms with van der Waals surface area (Å²) in [4.78, 5) is 7.83. The Bertz CT molecular complexity index is 392. The molecule has 0 radical (unpaired) electrons. The molecule has 1 aliphatic rings. The zero-order valence-corrected chi connectivity index (χ0v) is 10.9. The summed E-state index contributed by atoms with van der Waals surface area (Å²) in [6, 6.07) is 1.01. The van der Waals surface area contributed by atoms with Gasteiger partial charge in [0.05, 0.1) is 6.04 Å². The van der Waals surface area contributed by atoms with Gasteiger partial charge >= 0.3 is 0 Å². The number of nitrogen functional groups attached to an aromatic ring is 1. The quantitative estimate of drug-likeness (QED) is 0.684. The lowest BCUT2D eigenvalue weighted by atomic mass is 10.0. The van der Waals surface area contributed by atoms with Crippen molar-refractivity contribution >= 4 is 11.5 Å². The minimum Gasteiger partial charge on any atom is -0.385 e. The van der Waals surface area contributed by atoms with Crippen LogP contribution in [0.3, 0.4) is 0 Å². The van der Waals surface area contributed by atoms with E-state index in [1.807, 2.05) is 13.1 Å². The number of nitrogens with two attached hydrogens (primary N) is 1. The van der Waals surface area contributed by atoms with Crippen LogP contribution in [0.4, 0.5) is 5.82 Å². The smallest absolute Gasteiger partial charge is 0.110 e. The Morgan fingerprint density at radius 2 is 2.24 bits per heavy atom. The van der Waals surface area contributed by atoms with Crippen LogP contribution in [0.15, 0.2) is 11.2 Å². The van der Waals surface area contributed by atoms with E-state index in [1.54, 1.807) is 0 Å². The molecule has 1 aliphatic heterocycles. The largest absolute Gasteiger partial charge is 0.385 e. The maximum Gasteiger partial charge on any atom is 0.110 e. The molecule has 1 saturated heterocycles. The van der Waals surface area contributed by atoms with E-state index in [9.17, 15) is 0 Å². The van der Waals surface area contributed by atoms with Crippen molar-refractivity contribution in [1.82, 2.24) is 10.3 Å². The van der Waals surface area contributed by atoms with Crippen LogP contribution in [0.2, 0.25) is 0 Å². The van der Waals surface area contributed by atoms with Crippen molar-refractivity contribution in [2.45, 2.75) is 45.7 Å². The first-order valence-electron chi connectivity index (χ1n) is 6.29. The molecule has 0 amide bonds. The first-order chi connectivity index (χ1) is 8.08. The van der Waals surface area contributed by atoms with E-state index in [2.05, 4.69) is 24.1 Å². The number of H-pyrrole nitrogens is 1. The van der Waals surface area contributed by atoms with Gasteiger partial charge < -0.3 is 16.0 Å².